The number of rotatable bonds is 3. The van der Waals surface area contributed by atoms with Crippen molar-refractivity contribution in [3.8, 4) is 0 Å². The minimum Gasteiger partial charge on any atom is -0.394 e. The van der Waals surface area contributed by atoms with E-state index < -0.39 is 0 Å². The van der Waals surface area contributed by atoms with E-state index in [1.54, 1.807) is 10.3 Å². The Morgan fingerprint density at radius 2 is 2.53 bits per heavy atom. The van der Waals surface area contributed by atoms with Crippen LogP contribution in [0.25, 0.3) is 0 Å². The van der Waals surface area contributed by atoms with E-state index in [0.717, 1.165) is 11.4 Å². The summed E-state index contributed by atoms with van der Waals surface area (Å²) in [5.41, 5.74) is 5.92. The zero-order chi connectivity index (χ0) is 12.4. The molecule has 1 aliphatic heterocycles. The Hall–Kier alpha value is -0.980. The van der Waals surface area contributed by atoms with E-state index in [2.05, 4.69) is 11.9 Å². The van der Waals surface area contributed by atoms with Crippen molar-refractivity contribution in [2.24, 2.45) is 11.7 Å². The smallest absolute Gasteiger partial charge is 0.273 e. The maximum Gasteiger partial charge on any atom is 0.273 e. The Balaban J connectivity index is 2.14. The van der Waals surface area contributed by atoms with Crippen molar-refractivity contribution in [2.75, 3.05) is 13.2 Å². The maximum atomic E-state index is 12.2. The van der Waals surface area contributed by atoms with Gasteiger partial charge in [0.15, 0.2) is 0 Å². The Morgan fingerprint density at radius 3 is 3.12 bits per heavy atom. The monoisotopic (exact) mass is 255 g/mol. The molecule has 0 saturated carbocycles. The fourth-order valence-corrected chi connectivity index (χ4v) is 2.84. The van der Waals surface area contributed by atoms with Crippen LogP contribution >= 0.6 is 11.3 Å². The minimum atomic E-state index is -0.0932. The third-order valence-corrected chi connectivity index (χ3v) is 4.15. The molecule has 2 rings (SSSR count). The first kappa shape index (κ1) is 12.5. The van der Waals surface area contributed by atoms with Crippen LogP contribution in [0.5, 0.6) is 0 Å². The number of carbonyl (C=O) groups excluding carboxylic acids is 1. The molecule has 2 unspecified atom stereocenters. The van der Waals surface area contributed by atoms with Crippen molar-refractivity contribution in [1.29, 1.82) is 0 Å². The summed E-state index contributed by atoms with van der Waals surface area (Å²) in [6.07, 6.45) is 0.935. The van der Waals surface area contributed by atoms with Gasteiger partial charge < -0.3 is 15.7 Å². The maximum absolute atomic E-state index is 12.2. The molecule has 0 bridgehead atoms. The van der Waals surface area contributed by atoms with Gasteiger partial charge in [-0.05, 0) is 12.3 Å². The summed E-state index contributed by atoms with van der Waals surface area (Å²) in [5.74, 6) is 0.251. The van der Waals surface area contributed by atoms with Crippen LogP contribution in [0.4, 0.5) is 0 Å². The second kappa shape index (κ2) is 5.12. The molecular weight excluding hydrogens is 238 g/mol. The van der Waals surface area contributed by atoms with Gasteiger partial charge in [-0.1, -0.05) is 6.92 Å². The third-order valence-electron chi connectivity index (χ3n) is 3.28. The molecule has 5 nitrogen and oxygen atoms in total. The Bertz CT molecular complexity index is 407. The molecule has 3 N–H and O–H groups in total. The molecule has 1 aliphatic rings. The van der Waals surface area contributed by atoms with E-state index in [4.69, 9.17) is 5.73 Å². The van der Waals surface area contributed by atoms with Gasteiger partial charge in [0, 0.05) is 18.5 Å². The normalized spacial score (nSPS) is 24.3. The van der Waals surface area contributed by atoms with E-state index in [9.17, 15) is 9.90 Å². The number of hydrogen-bond acceptors (Lipinski definition) is 5. The predicted molar refractivity (Wildman–Crippen MR) is 65.7 cm³/mol. The standard InChI is InChI=1S/C11H17N3O2S/c1-7-2-3-14(9(7)5-15)11(16)8-6-17-10(4-12)13-8/h6-7,9,15H,2-5,12H2,1H3. The lowest BCUT2D eigenvalue weighted by molar-refractivity contribution is 0.0643. The number of hydrogen-bond donors (Lipinski definition) is 2. The van der Waals surface area contributed by atoms with E-state index in [-0.39, 0.29) is 18.6 Å². The van der Waals surface area contributed by atoms with Crippen molar-refractivity contribution < 1.29 is 9.90 Å². The van der Waals surface area contributed by atoms with Crippen LogP contribution in [0, 0.1) is 5.92 Å². The first-order valence-corrected chi connectivity index (χ1v) is 6.61. The molecule has 6 heteroatoms. The number of nitrogens with zero attached hydrogens (tertiary/aromatic N) is 2. The van der Waals surface area contributed by atoms with E-state index in [1.807, 2.05) is 0 Å². The van der Waals surface area contributed by atoms with Crippen LogP contribution in [0.15, 0.2) is 5.38 Å². The number of carbonyl (C=O) groups is 1. The van der Waals surface area contributed by atoms with E-state index in [1.165, 1.54) is 11.3 Å². The number of thiazole rings is 1. The van der Waals surface area contributed by atoms with Gasteiger partial charge in [0.05, 0.1) is 12.6 Å². The number of nitrogens with two attached hydrogens (primary N) is 1. The van der Waals surface area contributed by atoms with Gasteiger partial charge >= 0.3 is 0 Å². The van der Waals surface area contributed by atoms with Crippen molar-refractivity contribution >= 4 is 17.2 Å². The van der Waals surface area contributed by atoms with Crippen LogP contribution in [0.1, 0.15) is 28.8 Å². The van der Waals surface area contributed by atoms with Gasteiger partial charge in [-0.2, -0.15) is 0 Å². The summed E-state index contributed by atoms with van der Waals surface area (Å²) < 4.78 is 0. The molecule has 1 fully saturated rings. The SMILES string of the molecule is CC1CCN(C(=O)c2csc(CN)n2)C1CO. The zero-order valence-electron chi connectivity index (χ0n) is 9.80. The highest BCUT2D eigenvalue weighted by Gasteiger charge is 2.34. The molecule has 1 saturated heterocycles. The summed E-state index contributed by atoms with van der Waals surface area (Å²) in [4.78, 5) is 18.1. The Morgan fingerprint density at radius 1 is 1.76 bits per heavy atom. The molecule has 94 valence electrons. The second-order valence-electron chi connectivity index (χ2n) is 4.35. The van der Waals surface area contributed by atoms with Gasteiger partial charge in [0.2, 0.25) is 0 Å². The van der Waals surface area contributed by atoms with Crippen molar-refractivity contribution in [2.45, 2.75) is 25.9 Å². The number of aliphatic hydroxyl groups excluding tert-OH is 1. The highest BCUT2D eigenvalue weighted by Crippen LogP contribution is 2.25. The lowest BCUT2D eigenvalue weighted by atomic mass is 10.0. The average molecular weight is 255 g/mol. The highest BCUT2D eigenvalue weighted by molar-refractivity contribution is 7.09. The lowest BCUT2D eigenvalue weighted by Crippen LogP contribution is -2.40. The van der Waals surface area contributed by atoms with Gasteiger partial charge in [-0.15, -0.1) is 11.3 Å². The molecule has 2 atom stereocenters. The van der Waals surface area contributed by atoms with Crippen LogP contribution in [0.2, 0.25) is 0 Å². The number of amides is 1. The fourth-order valence-electron chi connectivity index (χ4n) is 2.19. The summed E-state index contributed by atoms with van der Waals surface area (Å²) in [6, 6.07) is -0.0782. The molecule has 1 aromatic heterocycles. The summed E-state index contributed by atoms with van der Waals surface area (Å²) in [6.45, 7) is 3.12. The van der Waals surface area contributed by atoms with Crippen LogP contribution in [0.3, 0.4) is 0 Å². The average Bonchev–Trinajstić information content (AvgIpc) is 2.94. The van der Waals surface area contributed by atoms with Gasteiger partial charge in [0.25, 0.3) is 5.91 Å². The van der Waals surface area contributed by atoms with Crippen molar-refractivity contribution in [1.82, 2.24) is 9.88 Å². The molecule has 1 aromatic rings. The zero-order valence-corrected chi connectivity index (χ0v) is 10.6. The highest BCUT2D eigenvalue weighted by atomic mass is 32.1. The van der Waals surface area contributed by atoms with E-state index >= 15 is 0 Å². The molecule has 0 aliphatic carbocycles. The topological polar surface area (TPSA) is 79.5 Å². The first-order chi connectivity index (χ1) is 8.17. The number of aromatic nitrogens is 1. The quantitative estimate of drug-likeness (QED) is 0.821. The van der Waals surface area contributed by atoms with Gasteiger partial charge in [0.1, 0.15) is 10.7 Å². The van der Waals surface area contributed by atoms with Crippen molar-refractivity contribution in [3.05, 3.63) is 16.1 Å². The Labute approximate surface area is 104 Å². The summed E-state index contributed by atoms with van der Waals surface area (Å²) in [7, 11) is 0. The lowest BCUT2D eigenvalue weighted by Gasteiger charge is -2.24. The molecule has 2 heterocycles. The molecule has 0 aromatic carbocycles. The molecule has 0 radical (unpaired) electrons. The largest absolute Gasteiger partial charge is 0.394 e. The fraction of sp³-hybridized carbons (Fsp3) is 0.636. The minimum absolute atomic E-state index is 0.0147. The predicted octanol–water partition coefficient (Wildman–Crippen LogP) is 0.445. The number of likely N-dealkylation sites (tertiary alicyclic amines) is 1. The van der Waals surface area contributed by atoms with Gasteiger partial charge in [-0.25, -0.2) is 4.98 Å². The summed E-state index contributed by atoms with van der Waals surface area (Å²) in [5, 5.41) is 11.8. The third kappa shape index (κ3) is 2.34. The van der Waals surface area contributed by atoms with Gasteiger partial charge in [-0.3, -0.25) is 4.79 Å². The molecular formula is C11H17N3O2S. The Kier molecular flexibility index (Phi) is 3.76. The van der Waals surface area contributed by atoms with Crippen molar-refractivity contribution in [3.63, 3.8) is 0 Å². The molecule has 17 heavy (non-hydrogen) atoms. The summed E-state index contributed by atoms with van der Waals surface area (Å²) >= 11 is 1.40. The van der Waals surface area contributed by atoms with Crippen LogP contribution in [-0.4, -0.2) is 40.1 Å². The van der Waals surface area contributed by atoms with Crippen LogP contribution in [-0.2, 0) is 6.54 Å². The molecule has 1 amide bonds. The molecule has 0 spiro atoms. The second-order valence-corrected chi connectivity index (χ2v) is 5.29. The first-order valence-electron chi connectivity index (χ1n) is 5.73. The van der Waals surface area contributed by atoms with E-state index in [0.29, 0.717) is 24.7 Å². The number of aliphatic hydroxyl groups is 1. The van der Waals surface area contributed by atoms with Crippen LogP contribution < -0.4 is 5.73 Å².